The monoisotopic (exact) mass is 336 g/mol. The van der Waals surface area contributed by atoms with E-state index in [0.29, 0.717) is 32.2 Å². The number of rotatable bonds is 6. The number of hydrogen-bond donors (Lipinski definition) is 2. The minimum absolute atomic E-state index is 0.109. The van der Waals surface area contributed by atoms with Gasteiger partial charge in [0.1, 0.15) is 0 Å². The topological polar surface area (TPSA) is 61.8 Å². The van der Waals surface area contributed by atoms with Crippen LogP contribution < -0.4 is 5.32 Å². The van der Waals surface area contributed by atoms with Crippen molar-refractivity contribution < 1.29 is 14.6 Å². The van der Waals surface area contributed by atoms with Gasteiger partial charge in [-0.15, -0.1) is 0 Å². The van der Waals surface area contributed by atoms with Crippen molar-refractivity contribution in [1.82, 2.24) is 10.2 Å². The van der Waals surface area contributed by atoms with Crippen LogP contribution >= 0.6 is 0 Å². The molecule has 5 fully saturated rings. The Hall–Kier alpha value is -0.650. The molecule has 0 aromatic carbocycles. The second-order valence-corrected chi connectivity index (χ2v) is 8.76. The Bertz CT molecular complexity index is 455. The Morgan fingerprint density at radius 2 is 1.88 bits per heavy atom. The standard InChI is InChI=1S/C19H32N2O3/c1-24-6-5-21-4-2-3-19(23,18(21)22)12-20-17-15-8-13-7-14(10-15)11-16(17)9-13/h13-17,20,23H,2-12H2,1H3. The number of amides is 1. The van der Waals surface area contributed by atoms with Crippen molar-refractivity contribution in [1.29, 1.82) is 0 Å². The van der Waals surface area contributed by atoms with Gasteiger partial charge in [0.05, 0.1) is 6.61 Å². The lowest BCUT2D eigenvalue weighted by atomic mass is 9.54. The molecular weight excluding hydrogens is 304 g/mol. The molecule has 0 aromatic heterocycles. The molecule has 0 aromatic rings. The first kappa shape index (κ1) is 16.8. The van der Waals surface area contributed by atoms with Gasteiger partial charge in [-0.05, 0) is 68.6 Å². The first-order valence-corrected chi connectivity index (χ1v) is 9.83. The van der Waals surface area contributed by atoms with Crippen LogP contribution in [-0.4, -0.2) is 60.9 Å². The van der Waals surface area contributed by atoms with Crippen LogP contribution in [-0.2, 0) is 9.53 Å². The molecule has 1 aliphatic heterocycles. The number of nitrogens with zero attached hydrogens (tertiary/aromatic N) is 1. The highest BCUT2D eigenvalue weighted by molar-refractivity contribution is 5.86. The van der Waals surface area contributed by atoms with E-state index in [0.717, 1.165) is 36.6 Å². The van der Waals surface area contributed by atoms with Gasteiger partial charge in [-0.3, -0.25) is 4.79 Å². The van der Waals surface area contributed by atoms with Crippen molar-refractivity contribution >= 4 is 5.91 Å². The lowest BCUT2D eigenvalue weighted by Gasteiger charge is -2.55. The Kier molecular flexibility index (Phi) is 4.61. The quantitative estimate of drug-likeness (QED) is 0.770. The van der Waals surface area contributed by atoms with Crippen molar-refractivity contribution in [2.75, 3.05) is 33.4 Å². The summed E-state index contributed by atoms with van der Waals surface area (Å²) in [6.45, 7) is 2.27. The second-order valence-electron chi connectivity index (χ2n) is 8.76. The van der Waals surface area contributed by atoms with E-state index in [1.165, 1.54) is 32.1 Å². The fraction of sp³-hybridized carbons (Fsp3) is 0.947. The van der Waals surface area contributed by atoms with Gasteiger partial charge < -0.3 is 20.1 Å². The molecule has 4 saturated carbocycles. The highest BCUT2D eigenvalue weighted by Gasteiger charge is 2.49. The summed E-state index contributed by atoms with van der Waals surface area (Å²) < 4.78 is 5.09. The molecule has 2 N–H and O–H groups in total. The molecule has 4 aliphatic carbocycles. The van der Waals surface area contributed by atoms with E-state index in [4.69, 9.17) is 4.74 Å². The molecular formula is C19H32N2O3. The van der Waals surface area contributed by atoms with Crippen LogP contribution in [0.5, 0.6) is 0 Å². The normalized spacial score (nSPS) is 44.3. The summed E-state index contributed by atoms with van der Waals surface area (Å²) in [6.07, 6.45) is 8.34. The largest absolute Gasteiger partial charge is 0.383 e. The fourth-order valence-electron chi connectivity index (χ4n) is 6.19. The van der Waals surface area contributed by atoms with Gasteiger partial charge in [-0.2, -0.15) is 0 Å². The molecule has 1 unspecified atom stereocenters. The predicted molar refractivity (Wildman–Crippen MR) is 91.5 cm³/mol. The van der Waals surface area contributed by atoms with Gasteiger partial charge in [-0.25, -0.2) is 0 Å². The molecule has 1 saturated heterocycles. The number of nitrogens with one attached hydrogen (secondary N) is 1. The molecule has 24 heavy (non-hydrogen) atoms. The molecule has 5 heteroatoms. The number of piperidine rings is 1. The van der Waals surface area contributed by atoms with E-state index >= 15 is 0 Å². The van der Waals surface area contributed by atoms with Crippen molar-refractivity contribution in [2.45, 2.75) is 56.6 Å². The minimum atomic E-state index is -1.22. The molecule has 5 nitrogen and oxygen atoms in total. The fourth-order valence-corrected chi connectivity index (χ4v) is 6.19. The third-order valence-electron chi connectivity index (χ3n) is 7.13. The van der Waals surface area contributed by atoms with Gasteiger partial charge >= 0.3 is 0 Å². The van der Waals surface area contributed by atoms with Crippen LogP contribution in [0, 0.1) is 23.7 Å². The van der Waals surface area contributed by atoms with Crippen LogP contribution in [0.4, 0.5) is 0 Å². The first-order valence-electron chi connectivity index (χ1n) is 9.83. The van der Waals surface area contributed by atoms with E-state index in [2.05, 4.69) is 5.32 Å². The zero-order valence-corrected chi connectivity index (χ0v) is 14.9. The van der Waals surface area contributed by atoms with Crippen LogP contribution in [0.2, 0.25) is 0 Å². The second kappa shape index (κ2) is 6.58. The molecule has 5 rings (SSSR count). The third-order valence-corrected chi connectivity index (χ3v) is 7.13. The van der Waals surface area contributed by atoms with Crippen molar-refractivity contribution in [2.24, 2.45) is 23.7 Å². The summed E-state index contributed by atoms with van der Waals surface area (Å²) in [5.41, 5.74) is -1.22. The van der Waals surface area contributed by atoms with E-state index in [9.17, 15) is 9.90 Å². The number of likely N-dealkylation sites (tertiary alicyclic amines) is 1. The summed E-state index contributed by atoms with van der Waals surface area (Å²) >= 11 is 0. The Morgan fingerprint density at radius 1 is 1.21 bits per heavy atom. The minimum Gasteiger partial charge on any atom is -0.383 e. The summed E-state index contributed by atoms with van der Waals surface area (Å²) in [6, 6.07) is 0.518. The van der Waals surface area contributed by atoms with E-state index in [1.54, 1.807) is 12.0 Å². The third kappa shape index (κ3) is 2.99. The van der Waals surface area contributed by atoms with Gasteiger partial charge in [-0.1, -0.05) is 0 Å². The van der Waals surface area contributed by atoms with Gasteiger partial charge in [0.25, 0.3) is 5.91 Å². The Morgan fingerprint density at radius 3 is 2.50 bits per heavy atom. The molecule has 1 atom stereocenters. The number of ether oxygens (including phenoxy) is 1. The van der Waals surface area contributed by atoms with Gasteiger partial charge in [0.2, 0.25) is 0 Å². The molecule has 1 heterocycles. The summed E-state index contributed by atoms with van der Waals surface area (Å²) in [7, 11) is 1.65. The SMILES string of the molecule is COCCN1CCCC(O)(CNC2C3CC4CC(C3)CC2C4)C1=O. The highest BCUT2D eigenvalue weighted by Crippen LogP contribution is 2.53. The lowest BCUT2D eigenvalue weighted by Crippen LogP contribution is -2.62. The summed E-state index contributed by atoms with van der Waals surface area (Å²) in [5, 5.41) is 14.6. The van der Waals surface area contributed by atoms with E-state index in [1.807, 2.05) is 0 Å². The average Bonchev–Trinajstić information content (AvgIpc) is 2.55. The van der Waals surface area contributed by atoms with Crippen molar-refractivity contribution in [3.8, 4) is 0 Å². The van der Waals surface area contributed by atoms with Gasteiger partial charge in [0.15, 0.2) is 5.60 Å². The number of hydrogen-bond acceptors (Lipinski definition) is 4. The zero-order valence-electron chi connectivity index (χ0n) is 14.9. The van der Waals surface area contributed by atoms with Crippen LogP contribution in [0.1, 0.15) is 44.9 Å². The summed E-state index contributed by atoms with van der Waals surface area (Å²) in [4.78, 5) is 14.5. The molecule has 0 spiro atoms. The van der Waals surface area contributed by atoms with E-state index in [-0.39, 0.29) is 5.91 Å². The predicted octanol–water partition coefficient (Wildman–Crippen LogP) is 1.40. The van der Waals surface area contributed by atoms with Gasteiger partial charge in [0, 0.05) is 32.8 Å². The van der Waals surface area contributed by atoms with Crippen LogP contribution in [0.3, 0.4) is 0 Å². The molecule has 0 radical (unpaired) electrons. The number of methoxy groups -OCH3 is 1. The number of carbonyl (C=O) groups is 1. The van der Waals surface area contributed by atoms with Crippen LogP contribution in [0.15, 0.2) is 0 Å². The number of aliphatic hydroxyl groups is 1. The maximum absolute atomic E-state index is 12.7. The summed E-state index contributed by atoms with van der Waals surface area (Å²) in [5.74, 6) is 3.34. The lowest BCUT2D eigenvalue weighted by molar-refractivity contribution is -0.158. The van der Waals surface area contributed by atoms with Crippen molar-refractivity contribution in [3.63, 3.8) is 0 Å². The maximum Gasteiger partial charge on any atom is 0.255 e. The average molecular weight is 336 g/mol. The van der Waals surface area contributed by atoms with Crippen molar-refractivity contribution in [3.05, 3.63) is 0 Å². The molecule has 4 bridgehead atoms. The van der Waals surface area contributed by atoms with Crippen LogP contribution in [0.25, 0.3) is 0 Å². The molecule has 1 amide bonds. The maximum atomic E-state index is 12.7. The Labute approximate surface area is 145 Å². The Balaban J connectivity index is 1.37. The smallest absolute Gasteiger partial charge is 0.255 e. The molecule has 5 aliphatic rings. The zero-order chi connectivity index (χ0) is 16.7. The van der Waals surface area contributed by atoms with E-state index < -0.39 is 5.60 Å². The highest BCUT2D eigenvalue weighted by atomic mass is 16.5. The first-order chi connectivity index (χ1) is 11.6. The molecule has 136 valence electrons. The number of carbonyl (C=O) groups excluding carboxylic acids is 1.